The second kappa shape index (κ2) is 11.9. The van der Waals surface area contributed by atoms with Crippen molar-refractivity contribution in [3.05, 3.63) is 94.9 Å². The molecule has 5 rings (SSSR count). The van der Waals surface area contributed by atoms with Crippen molar-refractivity contribution in [2.45, 2.75) is 51.0 Å². The molecule has 0 fully saturated rings. The highest BCUT2D eigenvalue weighted by molar-refractivity contribution is 7.89. The van der Waals surface area contributed by atoms with E-state index in [9.17, 15) is 13.2 Å². The monoisotopic (exact) mass is 598 g/mol. The molecular formula is C31H34N8O3S. The van der Waals surface area contributed by atoms with E-state index in [-0.39, 0.29) is 16.4 Å². The number of benzene rings is 2. The quantitative estimate of drug-likeness (QED) is 0.211. The van der Waals surface area contributed by atoms with Crippen LogP contribution < -0.4 is 21.3 Å². The minimum absolute atomic E-state index is 0.0270. The molecule has 0 aliphatic carbocycles. The third-order valence-electron chi connectivity index (χ3n) is 6.64. The Labute approximate surface area is 250 Å². The van der Waals surface area contributed by atoms with Crippen LogP contribution in [0.2, 0.25) is 0 Å². The van der Waals surface area contributed by atoms with Gasteiger partial charge in [-0.2, -0.15) is 4.98 Å². The first-order valence-electron chi connectivity index (χ1n) is 13.9. The van der Waals surface area contributed by atoms with Gasteiger partial charge in [0, 0.05) is 48.2 Å². The Morgan fingerprint density at radius 2 is 1.74 bits per heavy atom. The van der Waals surface area contributed by atoms with Crippen molar-refractivity contribution in [3.8, 4) is 16.8 Å². The number of anilines is 2. The van der Waals surface area contributed by atoms with E-state index in [1.54, 1.807) is 31.5 Å². The lowest BCUT2D eigenvalue weighted by atomic mass is 10.1. The van der Waals surface area contributed by atoms with E-state index in [1.807, 2.05) is 55.5 Å². The standard InChI is InChI=1S/C31H34N8O3S/c1-20-10-8-13-25-27(20)29(40)39(22-11-6-5-7-12-22)26(36-25)14-9-15-34-28-24(19-35-30(32)37-28)21-16-23(18-33-17-21)43(41,42)38-31(2,3)4/h5-8,10-13,16-19,38H,9,14-15H2,1-4H3,(H3,32,34,35,37). The molecule has 0 bridgehead atoms. The normalized spacial score (nSPS) is 12.0. The number of rotatable bonds is 9. The van der Waals surface area contributed by atoms with Gasteiger partial charge in [0.15, 0.2) is 0 Å². The Morgan fingerprint density at radius 3 is 2.49 bits per heavy atom. The highest BCUT2D eigenvalue weighted by atomic mass is 32.2. The lowest BCUT2D eigenvalue weighted by molar-refractivity contribution is 0.491. The van der Waals surface area contributed by atoms with Crippen LogP contribution in [0.5, 0.6) is 0 Å². The third-order valence-corrected chi connectivity index (χ3v) is 8.37. The predicted molar refractivity (Wildman–Crippen MR) is 169 cm³/mol. The van der Waals surface area contributed by atoms with Gasteiger partial charge in [-0.3, -0.25) is 14.3 Å². The van der Waals surface area contributed by atoms with E-state index in [0.717, 1.165) is 11.3 Å². The molecule has 222 valence electrons. The van der Waals surface area contributed by atoms with E-state index in [2.05, 4.69) is 25.0 Å². The number of pyridine rings is 1. The summed E-state index contributed by atoms with van der Waals surface area (Å²) in [4.78, 5) is 31.2. The van der Waals surface area contributed by atoms with Crippen LogP contribution in [0.3, 0.4) is 0 Å². The smallest absolute Gasteiger partial charge is 0.266 e. The number of hydrogen-bond acceptors (Lipinski definition) is 9. The molecule has 0 amide bonds. The van der Waals surface area contributed by atoms with Gasteiger partial charge >= 0.3 is 0 Å². The lowest BCUT2D eigenvalue weighted by Gasteiger charge is -2.20. The molecule has 0 aliphatic heterocycles. The van der Waals surface area contributed by atoms with Crippen molar-refractivity contribution in [2.75, 3.05) is 17.6 Å². The summed E-state index contributed by atoms with van der Waals surface area (Å²) in [5, 5.41) is 3.90. The van der Waals surface area contributed by atoms with Gasteiger partial charge in [-0.05, 0) is 63.9 Å². The topological polar surface area (TPSA) is 158 Å². The third kappa shape index (κ3) is 6.71. The molecule has 11 nitrogen and oxygen atoms in total. The van der Waals surface area contributed by atoms with Crippen molar-refractivity contribution < 1.29 is 8.42 Å². The molecule has 0 spiro atoms. The first-order chi connectivity index (χ1) is 20.4. The second-order valence-corrected chi connectivity index (χ2v) is 12.9. The number of fused-ring (bicyclic) bond motifs is 1. The molecule has 43 heavy (non-hydrogen) atoms. The van der Waals surface area contributed by atoms with E-state index in [1.165, 1.54) is 18.5 Å². The minimum atomic E-state index is -3.80. The van der Waals surface area contributed by atoms with E-state index in [4.69, 9.17) is 10.7 Å². The van der Waals surface area contributed by atoms with Gasteiger partial charge in [0.05, 0.1) is 16.6 Å². The number of nitrogen functional groups attached to an aromatic ring is 1. The van der Waals surface area contributed by atoms with Gasteiger partial charge in [0.25, 0.3) is 5.56 Å². The average Bonchev–Trinajstić information content (AvgIpc) is 2.95. The summed E-state index contributed by atoms with van der Waals surface area (Å²) in [5.74, 6) is 1.16. The Balaban J connectivity index is 1.40. The Hall–Kier alpha value is -4.68. The van der Waals surface area contributed by atoms with Gasteiger partial charge in [-0.25, -0.2) is 23.1 Å². The fraction of sp³-hybridized carbons (Fsp3) is 0.258. The molecule has 4 N–H and O–H groups in total. The SMILES string of the molecule is Cc1cccc2nc(CCCNc3nc(N)ncc3-c3cncc(S(=O)(=O)NC(C)(C)C)c3)n(-c3ccccc3)c(=O)c12. The van der Waals surface area contributed by atoms with Crippen molar-refractivity contribution in [3.63, 3.8) is 0 Å². The Bertz CT molecular complexity index is 1950. The van der Waals surface area contributed by atoms with Crippen LogP contribution in [0, 0.1) is 6.92 Å². The van der Waals surface area contributed by atoms with Gasteiger partial charge in [-0.1, -0.05) is 30.3 Å². The molecule has 3 aromatic heterocycles. The zero-order valence-corrected chi connectivity index (χ0v) is 25.3. The molecule has 0 unspecified atom stereocenters. The largest absolute Gasteiger partial charge is 0.369 e. The molecule has 0 aliphatic rings. The number of aromatic nitrogens is 5. The summed E-state index contributed by atoms with van der Waals surface area (Å²) in [6, 6.07) is 16.7. The van der Waals surface area contributed by atoms with Gasteiger partial charge in [0.1, 0.15) is 16.5 Å². The molecular weight excluding hydrogens is 564 g/mol. The molecule has 0 saturated heterocycles. The van der Waals surface area contributed by atoms with Crippen molar-refractivity contribution in [1.29, 1.82) is 0 Å². The highest BCUT2D eigenvalue weighted by Gasteiger charge is 2.23. The van der Waals surface area contributed by atoms with Crippen LogP contribution in [-0.4, -0.2) is 45.0 Å². The van der Waals surface area contributed by atoms with Crippen LogP contribution in [-0.2, 0) is 16.4 Å². The summed E-state index contributed by atoms with van der Waals surface area (Å²) in [6.45, 7) is 7.69. The number of nitrogens with two attached hydrogens (primary N) is 1. The number of para-hydroxylation sites is 1. The van der Waals surface area contributed by atoms with E-state index in [0.29, 0.717) is 53.1 Å². The summed E-state index contributed by atoms with van der Waals surface area (Å²) in [7, 11) is -3.80. The number of nitrogens with one attached hydrogen (secondary N) is 2. The van der Waals surface area contributed by atoms with E-state index < -0.39 is 15.6 Å². The van der Waals surface area contributed by atoms with Crippen LogP contribution in [0.4, 0.5) is 11.8 Å². The average molecular weight is 599 g/mol. The zero-order chi connectivity index (χ0) is 30.8. The van der Waals surface area contributed by atoms with Crippen LogP contribution in [0.1, 0.15) is 38.6 Å². The maximum atomic E-state index is 13.7. The molecule has 2 aromatic carbocycles. The highest BCUT2D eigenvalue weighted by Crippen LogP contribution is 2.28. The maximum absolute atomic E-state index is 13.7. The summed E-state index contributed by atoms with van der Waals surface area (Å²) < 4.78 is 30.2. The van der Waals surface area contributed by atoms with Crippen LogP contribution in [0.25, 0.3) is 27.7 Å². The lowest BCUT2D eigenvalue weighted by Crippen LogP contribution is -2.40. The molecule has 5 aromatic rings. The first-order valence-corrected chi connectivity index (χ1v) is 15.3. The number of hydrogen-bond donors (Lipinski definition) is 3. The van der Waals surface area contributed by atoms with Gasteiger partial charge < -0.3 is 11.1 Å². The fourth-order valence-corrected chi connectivity index (χ4v) is 6.23. The van der Waals surface area contributed by atoms with Crippen LogP contribution in [0.15, 0.2) is 82.9 Å². The fourth-order valence-electron chi connectivity index (χ4n) is 4.82. The zero-order valence-electron chi connectivity index (χ0n) is 24.5. The van der Waals surface area contributed by atoms with Crippen molar-refractivity contribution >= 4 is 32.7 Å². The van der Waals surface area contributed by atoms with E-state index >= 15 is 0 Å². The maximum Gasteiger partial charge on any atom is 0.266 e. The second-order valence-electron chi connectivity index (χ2n) is 11.3. The molecule has 3 heterocycles. The molecule has 0 radical (unpaired) electrons. The minimum Gasteiger partial charge on any atom is -0.369 e. The number of sulfonamides is 1. The number of nitrogens with zero attached hydrogens (tertiary/aromatic N) is 5. The van der Waals surface area contributed by atoms with Crippen molar-refractivity contribution in [2.24, 2.45) is 0 Å². The van der Waals surface area contributed by atoms with Gasteiger partial charge in [-0.15, -0.1) is 0 Å². The predicted octanol–water partition coefficient (Wildman–Crippen LogP) is 4.25. The molecule has 0 saturated carbocycles. The first kappa shape index (κ1) is 29.8. The van der Waals surface area contributed by atoms with Gasteiger partial charge in [0.2, 0.25) is 16.0 Å². The molecule has 0 atom stereocenters. The Kier molecular flexibility index (Phi) is 8.25. The Morgan fingerprint density at radius 1 is 0.977 bits per heavy atom. The van der Waals surface area contributed by atoms with Crippen molar-refractivity contribution in [1.82, 2.24) is 29.2 Å². The summed E-state index contributed by atoms with van der Waals surface area (Å²) >= 11 is 0. The molecule has 12 heteroatoms. The summed E-state index contributed by atoms with van der Waals surface area (Å²) in [6.07, 6.45) is 5.51. The summed E-state index contributed by atoms with van der Waals surface area (Å²) in [5.41, 5.74) is 8.50. The number of aryl methyl sites for hydroxylation is 2. The van der Waals surface area contributed by atoms with Crippen LogP contribution >= 0.6 is 0 Å².